The Morgan fingerprint density at radius 1 is 1.17 bits per heavy atom. The summed E-state index contributed by atoms with van der Waals surface area (Å²) in [4.78, 5) is 4.51. The first-order valence-electron chi connectivity index (χ1n) is 7.82. The number of hydrogen-bond acceptors (Lipinski definition) is 6. The molecule has 1 fully saturated rings. The van der Waals surface area contributed by atoms with Gasteiger partial charge in [-0.05, 0) is 24.6 Å². The van der Waals surface area contributed by atoms with Gasteiger partial charge in [-0.25, -0.2) is 4.39 Å². The van der Waals surface area contributed by atoms with Crippen molar-refractivity contribution >= 4 is 16.5 Å². The summed E-state index contributed by atoms with van der Waals surface area (Å²) < 4.78 is 12.9. The maximum absolute atomic E-state index is 12.9. The van der Waals surface area contributed by atoms with Crippen molar-refractivity contribution in [2.75, 3.05) is 37.6 Å². The predicted octanol–water partition coefficient (Wildman–Crippen LogP) is 1.77. The summed E-state index contributed by atoms with van der Waals surface area (Å²) in [5.74, 6) is -0.221. The Bertz CT molecular complexity index is 623. The van der Waals surface area contributed by atoms with Crippen molar-refractivity contribution in [3.63, 3.8) is 0 Å². The minimum Gasteiger partial charge on any atom is -0.392 e. The summed E-state index contributed by atoms with van der Waals surface area (Å²) in [5, 5.41) is 19.9. The molecule has 0 saturated carbocycles. The molecule has 1 aromatic carbocycles. The van der Waals surface area contributed by atoms with E-state index in [9.17, 15) is 9.50 Å². The number of hydrogen-bond donors (Lipinski definition) is 1. The third kappa shape index (κ3) is 4.46. The van der Waals surface area contributed by atoms with Crippen LogP contribution in [0, 0.1) is 5.82 Å². The molecule has 0 radical (unpaired) electrons. The number of aromatic nitrogens is 2. The molecule has 23 heavy (non-hydrogen) atoms. The first-order chi connectivity index (χ1) is 11.1. The van der Waals surface area contributed by atoms with Gasteiger partial charge >= 0.3 is 0 Å². The molecule has 1 saturated heterocycles. The Kier molecular flexibility index (Phi) is 5.20. The molecule has 5 nitrogen and oxygen atoms in total. The van der Waals surface area contributed by atoms with Crippen molar-refractivity contribution in [1.29, 1.82) is 0 Å². The number of halogens is 1. The van der Waals surface area contributed by atoms with E-state index in [4.69, 9.17) is 0 Å². The van der Waals surface area contributed by atoms with Gasteiger partial charge in [-0.3, -0.25) is 4.90 Å². The third-order valence-corrected chi connectivity index (χ3v) is 4.87. The molecule has 0 bridgehead atoms. The van der Waals surface area contributed by atoms with Crippen LogP contribution >= 0.6 is 11.3 Å². The van der Waals surface area contributed by atoms with Crippen molar-refractivity contribution in [2.24, 2.45) is 0 Å². The van der Waals surface area contributed by atoms with E-state index in [0.29, 0.717) is 6.42 Å². The van der Waals surface area contributed by atoms with E-state index in [2.05, 4.69) is 20.0 Å². The fraction of sp³-hybridized carbons (Fsp3) is 0.500. The van der Waals surface area contributed by atoms with E-state index in [1.807, 2.05) is 6.92 Å². The Balaban J connectivity index is 1.56. The lowest BCUT2D eigenvalue weighted by Crippen LogP contribution is -2.48. The van der Waals surface area contributed by atoms with E-state index in [1.54, 1.807) is 23.5 Å². The van der Waals surface area contributed by atoms with Crippen molar-refractivity contribution in [3.05, 3.63) is 40.7 Å². The molecule has 124 valence electrons. The molecule has 1 aromatic heterocycles. The van der Waals surface area contributed by atoms with E-state index in [-0.39, 0.29) is 11.9 Å². The minimum atomic E-state index is -0.287. The molecule has 2 heterocycles. The van der Waals surface area contributed by atoms with E-state index >= 15 is 0 Å². The molecular formula is C16H21FN4OS. The standard InChI is InChI=1S/C16H21FN4OS/c1-12(22)11-20-6-8-21(9-7-20)16-19-18-15(23-16)10-13-2-4-14(17)5-3-13/h2-5,12,22H,6-11H2,1H3/t12-/m1/s1. The zero-order chi connectivity index (χ0) is 16.2. The molecule has 0 aliphatic carbocycles. The number of aliphatic hydroxyl groups is 1. The zero-order valence-corrected chi connectivity index (χ0v) is 14.0. The van der Waals surface area contributed by atoms with E-state index in [1.165, 1.54) is 12.1 Å². The molecule has 1 aliphatic rings. The summed E-state index contributed by atoms with van der Waals surface area (Å²) in [6.45, 7) is 6.20. The largest absolute Gasteiger partial charge is 0.392 e. The normalized spacial score (nSPS) is 17.4. The van der Waals surface area contributed by atoms with Crippen LogP contribution in [0.1, 0.15) is 17.5 Å². The fourth-order valence-corrected chi connectivity index (χ4v) is 3.64. The van der Waals surface area contributed by atoms with Crippen LogP contribution in [0.25, 0.3) is 0 Å². The quantitative estimate of drug-likeness (QED) is 0.902. The molecule has 1 aliphatic heterocycles. The Morgan fingerprint density at radius 3 is 2.52 bits per heavy atom. The molecule has 0 unspecified atom stereocenters. The SMILES string of the molecule is C[C@@H](O)CN1CCN(c2nnc(Cc3ccc(F)cc3)s2)CC1. The van der Waals surface area contributed by atoms with Gasteiger partial charge in [0, 0.05) is 39.1 Å². The number of rotatable bonds is 5. The molecule has 3 rings (SSSR count). The lowest BCUT2D eigenvalue weighted by Gasteiger charge is -2.34. The topological polar surface area (TPSA) is 52.5 Å². The molecule has 0 spiro atoms. The first-order valence-corrected chi connectivity index (χ1v) is 8.64. The second-order valence-corrected chi connectivity index (χ2v) is 6.96. The maximum atomic E-state index is 12.9. The Labute approximate surface area is 139 Å². The van der Waals surface area contributed by atoms with E-state index < -0.39 is 0 Å². The van der Waals surface area contributed by atoms with Gasteiger partial charge in [0.1, 0.15) is 10.8 Å². The number of aliphatic hydroxyl groups excluding tert-OH is 1. The lowest BCUT2D eigenvalue weighted by atomic mass is 10.2. The van der Waals surface area contributed by atoms with Crippen LogP contribution in [0.2, 0.25) is 0 Å². The van der Waals surface area contributed by atoms with Crippen LogP contribution in [-0.2, 0) is 6.42 Å². The molecule has 1 N–H and O–H groups in total. The van der Waals surface area contributed by atoms with Crippen LogP contribution in [0.4, 0.5) is 9.52 Å². The minimum absolute atomic E-state index is 0.221. The monoisotopic (exact) mass is 336 g/mol. The maximum Gasteiger partial charge on any atom is 0.208 e. The Morgan fingerprint density at radius 2 is 1.87 bits per heavy atom. The predicted molar refractivity (Wildman–Crippen MR) is 89.4 cm³/mol. The highest BCUT2D eigenvalue weighted by molar-refractivity contribution is 7.15. The van der Waals surface area contributed by atoms with Crippen LogP contribution in [0.3, 0.4) is 0 Å². The number of nitrogens with zero attached hydrogens (tertiary/aromatic N) is 4. The van der Waals surface area contributed by atoms with Gasteiger partial charge in [-0.1, -0.05) is 23.5 Å². The smallest absolute Gasteiger partial charge is 0.208 e. The molecule has 2 aromatic rings. The number of benzene rings is 1. The number of β-amino-alcohol motifs (C(OH)–C–C–N with tert-alkyl or cyclic N) is 1. The summed E-state index contributed by atoms with van der Waals surface area (Å²) in [6, 6.07) is 6.51. The second kappa shape index (κ2) is 7.33. The lowest BCUT2D eigenvalue weighted by molar-refractivity contribution is 0.122. The average molecular weight is 336 g/mol. The molecular weight excluding hydrogens is 315 g/mol. The van der Waals surface area contributed by atoms with Gasteiger partial charge in [0.15, 0.2) is 0 Å². The van der Waals surface area contributed by atoms with Crippen molar-refractivity contribution in [3.8, 4) is 0 Å². The molecule has 0 amide bonds. The van der Waals surface area contributed by atoms with Crippen molar-refractivity contribution in [2.45, 2.75) is 19.4 Å². The summed E-state index contributed by atoms with van der Waals surface area (Å²) in [6.07, 6.45) is 0.394. The van der Waals surface area contributed by atoms with Gasteiger partial charge in [0.05, 0.1) is 6.10 Å². The Hall–Kier alpha value is -1.57. The van der Waals surface area contributed by atoms with Gasteiger partial charge in [0.25, 0.3) is 0 Å². The highest BCUT2D eigenvalue weighted by Gasteiger charge is 2.20. The summed E-state index contributed by atoms with van der Waals surface area (Å²) in [5.41, 5.74) is 1.04. The second-order valence-electron chi connectivity index (χ2n) is 5.92. The van der Waals surface area contributed by atoms with Gasteiger partial charge < -0.3 is 10.0 Å². The zero-order valence-electron chi connectivity index (χ0n) is 13.2. The summed E-state index contributed by atoms with van der Waals surface area (Å²) in [7, 11) is 0. The highest BCUT2D eigenvalue weighted by Crippen LogP contribution is 2.23. The molecule has 1 atom stereocenters. The highest BCUT2D eigenvalue weighted by atomic mass is 32.1. The van der Waals surface area contributed by atoms with Gasteiger partial charge in [-0.2, -0.15) is 0 Å². The van der Waals surface area contributed by atoms with Crippen molar-refractivity contribution in [1.82, 2.24) is 15.1 Å². The fourth-order valence-electron chi connectivity index (χ4n) is 2.72. The third-order valence-electron chi connectivity index (χ3n) is 3.89. The van der Waals surface area contributed by atoms with Crippen molar-refractivity contribution < 1.29 is 9.50 Å². The first kappa shape index (κ1) is 16.3. The van der Waals surface area contributed by atoms with Gasteiger partial charge in [-0.15, -0.1) is 10.2 Å². The van der Waals surface area contributed by atoms with Crippen LogP contribution in [0.5, 0.6) is 0 Å². The summed E-state index contributed by atoms with van der Waals surface area (Å²) >= 11 is 1.60. The van der Waals surface area contributed by atoms with Gasteiger partial charge in [0.2, 0.25) is 5.13 Å². The molecule has 7 heteroatoms. The van der Waals surface area contributed by atoms with Crippen LogP contribution in [0.15, 0.2) is 24.3 Å². The van der Waals surface area contributed by atoms with Crippen LogP contribution < -0.4 is 4.90 Å². The van der Waals surface area contributed by atoms with Crippen LogP contribution in [-0.4, -0.2) is 59.0 Å². The average Bonchev–Trinajstić information content (AvgIpc) is 2.98. The van der Waals surface area contributed by atoms with E-state index in [0.717, 1.165) is 48.4 Å². The number of piperazine rings is 1. The number of anilines is 1.